The van der Waals surface area contributed by atoms with Crippen molar-refractivity contribution in [2.24, 2.45) is 16.1 Å². The minimum absolute atomic E-state index is 0.0628. The lowest BCUT2D eigenvalue weighted by atomic mass is 10.2. The van der Waals surface area contributed by atoms with Gasteiger partial charge in [-0.15, -0.1) is 16.5 Å². The van der Waals surface area contributed by atoms with Gasteiger partial charge in [0.1, 0.15) is 10.6 Å². The summed E-state index contributed by atoms with van der Waals surface area (Å²) < 4.78 is 10.7. The van der Waals surface area contributed by atoms with Crippen molar-refractivity contribution in [3.05, 3.63) is 28.9 Å². The number of carbonyl (C=O) groups is 1. The van der Waals surface area contributed by atoms with Crippen LogP contribution in [0.15, 0.2) is 33.0 Å². The molecule has 0 aliphatic rings. The van der Waals surface area contributed by atoms with E-state index in [1.54, 1.807) is 39.1 Å². The molecule has 2 N–H and O–H groups in total. The van der Waals surface area contributed by atoms with Crippen molar-refractivity contribution in [3.8, 4) is 0 Å². The quantitative estimate of drug-likeness (QED) is 0.320. The van der Waals surface area contributed by atoms with Crippen LogP contribution in [-0.2, 0) is 4.74 Å². The predicted molar refractivity (Wildman–Crippen MR) is 93.6 cm³/mol. The summed E-state index contributed by atoms with van der Waals surface area (Å²) in [5.41, 5.74) is 1.33. The number of hydrazine groups is 1. The third kappa shape index (κ3) is 3.49. The third-order valence-electron chi connectivity index (χ3n) is 3.26. The molecular formula is C15H16N6O3S. The predicted octanol–water partition coefficient (Wildman–Crippen LogP) is 3.49. The summed E-state index contributed by atoms with van der Waals surface area (Å²) in [4.78, 5) is 16.5. The first kappa shape index (κ1) is 17.0. The Balaban J connectivity index is 2.07. The van der Waals surface area contributed by atoms with E-state index < -0.39 is 0 Å². The van der Waals surface area contributed by atoms with Crippen LogP contribution in [0.25, 0.3) is 10.1 Å². The second kappa shape index (κ2) is 6.95. The number of carbonyl (C=O) groups excluding carboxylic acids is 1. The molecule has 0 radical (unpaired) electrons. The molecule has 0 fully saturated rings. The van der Waals surface area contributed by atoms with E-state index in [0.717, 1.165) is 15.8 Å². The molecule has 2 aromatic heterocycles. The number of hydrogen-bond donors (Lipinski definition) is 1. The van der Waals surface area contributed by atoms with Crippen LogP contribution >= 0.6 is 11.3 Å². The Morgan fingerprint density at radius 3 is 2.88 bits per heavy atom. The van der Waals surface area contributed by atoms with E-state index in [1.807, 2.05) is 0 Å². The number of aromatic nitrogens is 2. The average molecular weight is 360 g/mol. The maximum absolute atomic E-state index is 12.0. The summed E-state index contributed by atoms with van der Waals surface area (Å²) in [5.74, 6) is 5.96. The van der Waals surface area contributed by atoms with Crippen LogP contribution in [0.2, 0.25) is 0 Å². The van der Waals surface area contributed by atoms with E-state index in [-0.39, 0.29) is 12.0 Å². The van der Waals surface area contributed by atoms with Crippen molar-refractivity contribution in [1.29, 1.82) is 0 Å². The number of rotatable bonds is 5. The highest BCUT2D eigenvalue weighted by atomic mass is 32.1. The van der Waals surface area contributed by atoms with Crippen LogP contribution < -0.4 is 10.9 Å². The molecule has 0 aliphatic carbocycles. The van der Waals surface area contributed by atoms with Gasteiger partial charge in [-0.1, -0.05) is 10.3 Å². The minimum atomic E-state index is -0.385. The van der Waals surface area contributed by atoms with Gasteiger partial charge in [0, 0.05) is 12.4 Å². The summed E-state index contributed by atoms with van der Waals surface area (Å²) in [5, 5.41) is 14.0. The number of thiophene rings is 1. The number of fused-ring (bicyclic) bond motifs is 1. The number of nitrogens with zero attached hydrogens (tertiary/aromatic N) is 5. The number of azo groups is 1. The second-order valence-corrected chi connectivity index (χ2v) is 6.17. The Morgan fingerprint density at radius 1 is 1.44 bits per heavy atom. The summed E-state index contributed by atoms with van der Waals surface area (Å²) in [6.45, 7) is 3.76. The number of aryl methyl sites for hydroxylation is 1. The number of benzene rings is 1. The van der Waals surface area contributed by atoms with Gasteiger partial charge in [0.05, 0.1) is 17.0 Å². The number of esters is 1. The first-order valence-electron chi connectivity index (χ1n) is 7.43. The van der Waals surface area contributed by atoms with Gasteiger partial charge in [-0.05, 0) is 32.0 Å². The topological polar surface area (TPSA) is 119 Å². The monoisotopic (exact) mass is 360 g/mol. The molecule has 0 saturated heterocycles. The Hall–Kier alpha value is -2.85. The number of ether oxygens (including phenoxy) is 1. The van der Waals surface area contributed by atoms with Crippen LogP contribution in [0, 0.1) is 6.92 Å². The number of hydrogen-bond acceptors (Lipinski definition) is 10. The van der Waals surface area contributed by atoms with E-state index in [2.05, 4.69) is 20.4 Å². The maximum atomic E-state index is 12.0. The molecule has 9 nitrogen and oxygen atoms in total. The smallest absolute Gasteiger partial charge is 0.366 e. The van der Waals surface area contributed by atoms with Crippen LogP contribution in [0.3, 0.4) is 0 Å². The molecule has 0 bridgehead atoms. The molecule has 0 unspecified atom stereocenters. The fourth-order valence-electron chi connectivity index (χ4n) is 2.21. The highest BCUT2D eigenvalue weighted by Crippen LogP contribution is 2.39. The van der Waals surface area contributed by atoms with Crippen LogP contribution in [0.1, 0.15) is 22.4 Å². The van der Waals surface area contributed by atoms with E-state index in [4.69, 9.17) is 15.1 Å². The lowest BCUT2D eigenvalue weighted by Gasteiger charge is -2.13. The van der Waals surface area contributed by atoms with Crippen molar-refractivity contribution < 1.29 is 14.1 Å². The molecule has 130 valence electrons. The molecule has 2 heterocycles. The summed E-state index contributed by atoms with van der Waals surface area (Å²) in [6, 6.07) is 5.37. The molecule has 0 atom stereocenters. The van der Waals surface area contributed by atoms with Gasteiger partial charge in [-0.3, -0.25) is 0 Å². The fourth-order valence-corrected chi connectivity index (χ4v) is 3.23. The maximum Gasteiger partial charge on any atom is 0.366 e. The third-order valence-corrected chi connectivity index (χ3v) is 4.39. The molecule has 3 rings (SSSR count). The molecule has 0 saturated carbocycles. The van der Waals surface area contributed by atoms with Gasteiger partial charge in [-0.25, -0.2) is 10.6 Å². The van der Waals surface area contributed by atoms with Gasteiger partial charge >= 0.3 is 12.0 Å². The van der Waals surface area contributed by atoms with Gasteiger partial charge < -0.3 is 14.3 Å². The molecule has 0 amide bonds. The standard InChI is InChI=1S/C15H16N6O3S/c1-4-23-14(22)12-7-9-11(21(3)16)6-5-10(13(9)25-12)18-19-15-17-8(2)20-24-15/h5-7H,4,16H2,1-3H3/b19-18+. The van der Waals surface area contributed by atoms with Crippen LogP contribution in [0.4, 0.5) is 17.4 Å². The van der Waals surface area contributed by atoms with Crippen molar-refractivity contribution in [2.75, 3.05) is 18.7 Å². The van der Waals surface area contributed by atoms with Gasteiger partial charge in [0.2, 0.25) is 0 Å². The second-order valence-electron chi connectivity index (χ2n) is 5.11. The van der Waals surface area contributed by atoms with Crippen molar-refractivity contribution in [3.63, 3.8) is 0 Å². The van der Waals surface area contributed by atoms with E-state index in [9.17, 15) is 4.79 Å². The summed E-state index contributed by atoms with van der Waals surface area (Å²) >= 11 is 1.27. The normalized spacial score (nSPS) is 11.4. The van der Waals surface area contributed by atoms with Gasteiger partial charge in [0.15, 0.2) is 5.82 Å². The van der Waals surface area contributed by atoms with E-state index in [0.29, 0.717) is 23.0 Å². The minimum Gasteiger partial charge on any atom is -0.462 e. The molecule has 0 aliphatic heterocycles. The molecule has 1 aromatic carbocycles. The van der Waals surface area contributed by atoms with Crippen molar-refractivity contribution in [2.45, 2.75) is 13.8 Å². The van der Waals surface area contributed by atoms with Gasteiger partial charge in [0.25, 0.3) is 0 Å². The summed E-state index contributed by atoms with van der Waals surface area (Å²) in [7, 11) is 1.72. The molecular weight excluding hydrogens is 344 g/mol. The van der Waals surface area contributed by atoms with Crippen LogP contribution in [0.5, 0.6) is 0 Å². The summed E-state index contributed by atoms with van der Waals surface area (Å²) in [6.07, 6.45) is 0. The Bertz CT molecular complexity index is 946. The van der Waals surface area contributed by atoms with Crippen molar-refractivity contribution >= 4 is 44.8 Å². The largest absolute Gasteiger partial charge is 0.462 e. The molecule has 3 aromatic rings. The zero-order valence-corrected chi connectivity index (χ0v) is 14.7. The fraction of sp³-hybridized carbons (Fsp3) is 0.267. The number of nitrogens with two attached hydrogens (primary N) is 1. The highest BCUT2D eigenvalue weighted by Gasteiger charge is 2.17. The zero-order chi connectivity index (χ0) is 18.0. The first-order valence-corrected chi connectivity index (χ1v) is 8.25. The highest BCUT2D eigenvalue weighted by molar-refractivity contribution is 7.21. The van der Waals surface area contributed by atoms with Crippen LogP contribution in [-0.4, -0.2) is 29.8 Å². The Morgan fingerprint density at radius 2 is 2.24 bits per heavy atom. The van der Waals surface area contributed by atoms with Crippen molar-refractivity contribution in [1.82, 2.24) is 10.1 Å². The lowest BCUT2D eigenvalue weighted by molar-refractivity contribution is 0.0532. The zero-order valence-electron chi connectivity index (χ0n) is 13.9. The van der Waals surface area contributed by atoms with E-state index >= 15 is 0 Å². The van der Waals surface area contributed by atoms with E-state index in [1.165, 1.54) is 16.3 Å². The molecule has 10 heteroatoms. The number of anilines is 1. The SMILES string of the molecule is CCOC(=O)c1cc2c(N(C)N)ccc(/N=N/c3nc(C)no3)c2s1. The average Bonchev–Trinajstić information content (AvgIpc) is 3.19. The Labute approximate surface area is 147 Å². The van der Waals surface area contributed by atoms with Gasteiger partial charge in [-0.2, -0.15) is 4.98 Å². The lowest BCUT2D eigenvalue weighted by Crippen LogP contribution is -2.24. The Kier molecular flexibility index (Phi) is 4.72. The molecule has 25 heavy (non-hydrogen) atoms. The first-order chi connectivity index (χ1) is 12.0. The molecule has 0 spiro atoms.